The summed E-state index contributed by atoms with van der Waals surface area (Å²) in [5, 5.41) is 9.40. The number of carbonyl (C=O) groups excluding carboxylic acids is 1. The highest BCUT2D eigenvalue weighted by atomic mass is 79.9. The topological polar surface area (TPSA) is 49.8 Å². The van der Waals surface area contributed by atoms with Crippen molar-refractivity contribution in [1.29, 1.82) is 0 Å². The van der Waals surface area contributed by atoms with Crippen LogP contribution in [0.1, 0.15) is 49.2 Å². The lowest BCUT2D eigenvalue weighted by Crippen LogP contribution is -2.32. The fraction of sp³-hybridized carbons (Fsp3) is 0.381. The molecule has 3 rings (SSSR count). The number of aliphatic hydroxyl groups is 1. The van der Waals surface area contributed by atoms with Crippen molar-refractivity contribution in [3.05, 3.63) is 57.6 Å². The molecule has 0 aliphatic carbocycles. The van der Waals surface area contributed by atoms with E-state index in [1.165, 1.54) is 6.92 Å². The number of benzene rings is 2. The van der Waals surface area contributed by atoms with E-state index in [1.54, 1.807) is 18.2 Å². The van der Waals surface area contributed by atoms with Gasteiger partial charge in [-0.3, -0.25) is 4.79 Å². The normalized spacial score (nSPS) is 16.5. The highest BCUT2D eigenvalue weighted by molar-refractivity contribution is 9.10. The molecule has 2 aromatic carbocycles. The molecule has 0 radical (unpaired) electrons. The molecule has 0 bridgehead atoms. The fourth-order valence-corrected chi connectivity index (χ4v) is 3.43. The Morgan fingerprint density at radius 2 is 1.96 bits per heavy atom. The van der Waals surface area contributed by atoms with E-state index in [9.17, 15) is 14.3 Å². The number of ketones is 1. The summed E-state index contributed by atoms with van der Waals surface area (Å²) in [6, 6.07) is 10.4. The zero-order chi connectivity index (χ0) is 20.1. The molecular formula is C21H25BrFNO3. The van der Waals surface area contributed by atoms with E-state index >= 15 is 0 Å². The molecule has 0 saturated heterocycles. The molecule has 1 N–H and O–H groups in total. The summed E-state index contributed by atoms with van der Waals surface area (Å²) in [7, 11) is 0. The SMILES string of the molecule is CC.CC(F)Oc1ccc(CO)cc1CN1c2cc(Br)ccc2C(=O)C1C. The Balaban J connectivity index is 0.00000126. The van der Waals surface area contributed by atoms with Crippen LogP contribution in [0, 0.1) is 0 Å². The second-order valence-corrected chi connectivity index (χ2v) is 7.01. The number of fused-ring (bicyclic) bond motifs is 1. The largest absolute Gasteiger partial charge is 0.460 e. The van der Waals surface area contributed by atoms with Gasteiger partial charge in [-0.05, 0) is 42.8 Å². The first kappa shape index (κ1) is 21.4. The van der Waals surface area contributed by atoms with Crippen LogP contribution in [-0.2, 0) is 13.2 Å². The lowest BCUT2D eigenvalue weighted by Gasteiger charge is -2.25. The maximum absolute atomic E-state index is 13.3. The summed E-state index contributed by atoms with van der Waals surface area (Å²) in [6.45, 7) is 7.43. The van der Waals surface area contributed by atoms with Gasteiger partial charge < -0.3 is 14.7 Å². The average Bonchev–Trinajstić information content (AvgIpc) is 2.88. The minimum atomic E-state index is -1.45. The van der Waals surface area contributed by atoms with Gasteiger partial charge >= 0.3 is 0 Å². The van der Waals surface area contributed by atoms with Crippen LogP contribution in [0.4, 0.5) is 10.1 Å². The zero-order valence-corrected chi connectivity index (χ0v) is 17.6. The molecule has 2 atom stereocenters. The predicted octanol–water partition coefficient (Wildman–Crippen LogP) is 5.25. The van der Waals surface area contributed by atoms with Crippen molar-refractivity contribution in [2.45, 2.75) is 53.2 Å². The summed E-state index contributed by atoms with van der Waals surface area (Å²) in [5.74, 6) is 0.470. The van der Waals surface area contributed by atoms with Crippen molar-refractivity contribution in [2.75, 3.05) is 4.90 Å². The van der Waals surface area contributed by atoms with Crippen LogP contribution in [-0.4, -0.2) is 23.3 Å². The molecule has 6 heteroatoms. The molecule has 0 aromatic heterocycles. The first-order chi connectivity index (χ1) is 12.9. The van der Waals surface area contributed by atoms with Gasteiger partial charge in [0.15, 0.2) is 5.78 Å². The van der Waals surface area contributed by atoms with Gasteiger partial charge in [0, 0.05) is 34.8 Å². The fourth-order valence-electron chi connectivity index (χ4n) is 3.08. The van der Waals surface area contributed by atoms with Crippen LogP contribution in [0.3, 0.4) is 0 Å². The van der Waals surface area contributed by atoms with Crippen molar-refractivity contribution < 1.29 is 19.0 Å². The Kier molecular flexibility index (Phi) is 7.39. The standard InChI is InChI=1S/C19H19BrFNO3.C2H6/c1-11-19(24)16-5-4-15(20)8-17(16)22(11)9-14-7-13(10-23)3-6-18(14)25-12(2)21;1-2/h3-8,11-12,23H,9-10H2,1-2H3;1-2H3. The summed E-state index contributed by atoms with van der Waals surface area (Å²) in [5.41, 5.74) is 2.95. The summed E-state index contributed by atoms with van der Waals surface area (Å²) in [6.07, 6.45) is -1.45. The molecular weight excluding hydrogens is 413 g/mol. The first-order valence-electron chi connectivity index (χ1n) is 9.04. The Labute approximate surface area is 168 Å². The van der Waals surface area contributed by atoms with Gasteiger partial charge in [0.25, 0.3) is 0 Å². The van der Waals surface area contributed by atoms with Crippen LogP contribution in [0.5, 0.6) is 5.75 Å². The van der Waals surface area contributed by atoms with Gasteiger partial charge in [0.05, 0.1) is 12.6 Å². The Hall–Kier alpha value is -1.92. The first-order valence-corrected chi connectivity index (χ1v) is 9.83. The second-order valence-electron chi connectivity index (χ2n) is 6.09. The number of halogens is 2. The Morgan fingerprint density at radius 3 is 2.59 bits per heavy atom. The van der Waals surface area contributed by atoms with Crippen molar-refractivity contribution >= 4 is 27.4 Å². The molecule has 27 heavy (non-hydrogen) atoms. The van der Waals surface area contributed by atoms with Crippen molar-refractivity contribution in [3.63, 3.8) is 0 Å². The molecule has 1 aliphatic rings. The number of anilines is 1. The van der Waals surface area contributed by atoms with E-state index in [0.29, 0.717) is 23.4 Å². The zero-order valence-electron chi connectivity index (χ0n) is 16.0. The molecule has 1 aliphatic heterocycles. The lowest BCUT2D eigenvalue weighted by molar-refractivity contribution is 0.0846. The van der Waals surface area contributed by atoms with Crippen LogP contribution in [0.15, 0.2) is 40.9 Å². The van der Waals surface area contributed by atoms with E-state index in [0.717, 1.165) is 15.7 Å². The molecule has 0 amide bonds. The van der Waals surface area contributed by atoms with E-state index < -0.39 is 6.36 Å². The molecule has 0 fully saturated rings. The van der Waals surface area contributed by atoms with E-state index in [4.69, 9.17) is 4.74 Å². The van der Waals surface area contributed by atoms with Gasteiger partial charge in [0.2, 0.25) is 6.36 Å². The van der Waals surface area contributed by atoms with Crippen LogP contribution < -0.4 is 9.64 Å². The van der Waals surface area contributed by atoms with E-state index in [2.05, 4.69) is 15.9 Å². The smallest absolute Gasteiger partial charge is 0.235 e. The predicted molar refractivity (Wildman–Crippen MR) is 109 cm³/mol. The molecule has 4 nitrogen and oxygen atoms in total. The molecule has 0 saturated carbocycles. The number of ether oxygens (including phenoxy) is 1. The monoisotopic (exact) mass is 437 g/mol. The third-order valence-corrected chi connectivity index (χ3v) is 4.81. The molecule has 2 unspecified atom stereocenters. The van der Waals surface area contributed by atoms with Gasteiger partial charge in [-0.2, -0.15) is 0 Å². The van der Waals surface area contributed by atoms with Crippen LogP contribution >= 0.6 is 15.9 Å². The van der Waals surface area contributed by atoms with Crippen molar-refractivity contribution in [3.8, 4) is 5.75 Å². The van der Waals surface area contributed by atoms with Gasteiger partial charge in [-0.15, -0.1) is 0 Å². The number of carbonyl (C=O) groups is 1. The van der Waals surface area contributed by atoms with E-state index in [1.807, 2.05) is 43.9 Å². The van der Waals surface area contributed by atoms with Crippen molar-refractivity contribution in [2.24, 2.45) is 0 Å². The van der Waals surface area contributed by atoms with Gasteiger partial charge in [-0.25, -0.2) is 4.39 Å². The number of hydrogen-bond donors (Lipinski definition) is 1. The quantitative estimate of drug-likeness (QED) is 0.693. The highest BCUT2D eigenvalue weighted by Crippen LogP contribution is 2.37. The average molecular weight is 438 g/mol. The van der Waals surface area contributed by atoms with E-state index in [-0.39, 0.29) is 18.4 Å². The van der Waals surface area contributed by atoms with Gasteiger partial charge in [-0.1, -0.05) is 35.8 Å². The van der Waals surface area contributed by atoms with Crippen molar-refractivity contribution in [1.82, 2.24) is 0 Å². The maximum atomic E-state index is 13.3. The minimum absolute atomic E-state index is 0.0575. The third-order valence-electron chi connectivity index (χ3n) is 4.32. The Bertz CT molecular complexity index is 810. The number of hydrogen-bond acceptors (Lipinski definition) is 4. The molecule has 2 aromatic rings. The molecule has 1 heterocycles. The number of aliphatic hydroxyl groups excluding tert-OH is 1. The number of alkyl halides is 1. The summed E-state index contributed by atoms with van der Waals surface area (Å²) in [4.78, 5) is 14.5. The van der Waals surface area contributed by atoms with Crippen LogP contribution in [0.2, 0.25) is 0 Å². The minimum Gasteiger partial charge on any atom is -0.460 e. The highest BCUT2D eigenvalue weighted by Gasteiger charge is 2.34. The number of Topliss-reactive ketones (excluding diaryl/α,β-unsaturated/α-hetero) is 1. The lowest BCUT2D eigenvalue weighted by atomic mass is 10.1. The van der Waals surface area contributed by atoms with Gasteiger partial charge in [0.1, 0.15) is 5.75 Å². The third kappa shape index (κ3) is 4.68. The second kappa shape index (κ2) is 9.33. The summed E-state index contributed by atoms with van der Waals surface area (Å²) < 4.78 is 19.5. The summed E-state index contributed by atoms with van der Waals surface area (Å²) >= 11 is 3.44. The number of nitrogens with zero attached hydrogens (tertiary/aromatic N) is 1. The molecule has 146 valence electrons. The maximum Gasteiger partial charge on any atom is 0.235 e. The Morgan fingerprint density at radius 1 is 1.26 bits per heavy atom. The molecule has 0 spiro atoms. The number of rotatable bonds is 5. The van der Waals surface area contributed by atoms with Crippen LogP contribution in [0.25, 0.3) is 0 Å².